The van der Waals surface area contributed by atoms with Crippen LogP contribution in [0.2, 0.25) is 0 Å². The van der Waals surface area contributed by atoms with E-state index in [0.717, 1.165) is 41.4 Å². The summed E-state index contributed by atoms with van der Waals surface area (Å²) in [5, 5.41) is 17.1. The Morgan fingerprint density at radius 3 is 2.88 bits per heavy atom. The Labute approximate surface area is 142 Å². The normalized spacial score (nSPS) is 13.8. The van der Waals surface area contributed by atoms with Crippen molar-refractivity contribution >= 4 is 0 Å². The molecular weight excluding hydrogens is 306 g/mol. The van der Waals surface area contributed by atoms with Crippen LogP contribution >= 0.6 is 0 Å². The van der Waals surface area contributed by atoms with Gasteiger partial charge in [0.1, 0.15) is 0 Å². The third-order valence-electron chi connectivity index (χ3n) is 4.31. The summed E-state index contributed by atoms with van der Waals surface area (Å²) in [5.74, 6) is 1.68. The number of nitrogens with zero attached hydrogens (tertiary/aromatic N) is 2. The van der Waals surface area contributed by atoms with E-state index in [-0.39, 0.29) is 6.61 Å². The van der Waals surface area contributed by atoms with Gasteiger partial charge in [0.05, 0.1) is 32.1 Å². The van der Waals surface area contributed by atoms with Gasteiger partial charge in [-0.05, 0) is 19.9 Å². The zero-order valence-electron chi connectivity index (χ0n) is 14.3. The highest BCUT2D eigenvalue weighted by atomic mass is 16.5. The molecular formula is C18H25N3O3. The highest BCUT2D eigenvalue weighted by Crippen LogP contribution is 2.33. The van der Waals surface area contributed by atoms with Crippen LogP contribution in [0.1, 0.15) is 28.9 Å². The Bertz CT molecular complexity index is 697. The van der Waals surface area contributed by atoms with E-state index >= 15 is 0 Å². The number of hydrogen-bond donors (Lipinski definition) is 2. The van der Waals surface area contributed by atoms with Crippen LogP contribution in [0.4, 0.5) is 0 Å². The molecule has 6 heteroatoms. The number of rotatable bonds is 6. The minimum Gasteiger partial charge on any atom is -0.490 e. The van der Waals surface area contributed by atoms with Crippen molar-refractivity contribution < 1.29 is 14.6 Å². The van der Waals surface area contributed by atoms with Crippen molar-refractivity contribution in [2.24, 2.45) is 0 Å². The van der Waals surface area contributed by atoms with Gasteiger partial charge in [-0.2, -0.15) is 5.10 Å². The van der Waals surface area contributed by atoms with E-state index in [1.165, 1.54) is 5.56 Å². The van der Waals surface area contributed by atoms with E-state index in [9.17, 15) is 0 Å². The summed E-state index contributed by atoms with van der Waals surface area (Å²) >= 11 is 0. The molecule has 0 atom stereocenters. The highest BCUT2D eigenvalue weighted by molar-refractivity contribution is 5.47. The van der Waals surface area contributed by atoms with Crippen molar-refractivity contribution in [2.45, 2.75) is 39.9 Å². The predicted molar refractivity (Wildman–Crippen MR) is 91.4 cm³/mol. The number of aromatic nitrogens is 2. The average molecular weight is 331 g/mol. The Morgan fingerprint density at radius 1 is 1.21 bits per heavy atom. The minimum atomic E-state index is 0.0995. The van der Waals surface area contributed by atoms with E-state index in [4.69, 9.17) is 14.6 Å². The molecule has 0 fully saturated rings. The van der Waals surface area contributed by atoms with Crippen LogP contribution in [0.3, 0.4) is 0 Å². The zero-order valence-corrected chi connectivity index (χ0v) is 14.3. The Morgan fingerprint density at radius 2 is 2.04 bits per heavy atom. The first-order valence-electron chi connectivity index (χ1n) is 8.42. The maximum Gasteiger partial charge on any atom is 0.165 e. The number of aliphatic hydroxyl groups excluding tert-OH is 1. The molecule has 0 aliphatic carbocycles. The number of para-hydroxylation sites is 1. The molecule has 24 heavy (non-hydrogen) atoms. The summed E-state index contributed by atoms with van der Waals surface area (Å²) in [4.78, 5) is 0. The number of nitrogens with one attached hydrogen (secondary N) is 1. The molecule has 130 valence electrons. The molecule has 0 saturated heterocycles. The van der Waals surface area contributed by atoms with E-state index in [1.54, 1.807) is 0 Å². The Balaban J connectivity index is 1.67. The number of fused-ring (bicyclic) bond motifs is 1. The minimum absolute atomic E-state index is 0.0995. The molecule has 0 saturated carbocycles. The second kappa shape index (κ2) is 7.68. The van der Waals surface area contributed by atoms with Gasteiger partial charge in [-0.3, -0.25) is 4.68 Å². The first-order valence-corrected chi connectivity index (χ1v) is 8.42. The van der Waals surface area contributed by atoms with Crippen LogP contribution in [-0.4, -0.2) is 34.7 Å². The van der Waals surface area contributed by atoms with Gasteiger partial charge in [0.15, 0.2) is 11.5 Å². The summed E-state index contributed by atoms with van der Waals surface area (Å²) in [6, 6.07) is 6.02. The van der Waals surface area contributed by atoms with Crippen LogP contribution in [0.15, 0.2) is 18.2 Å². The Hall–Kier alpha value is -2.05. The molecule has 0 bridgehead atoms. The van der Waals surface area contributed by atoms with E-state index in [2.05, 4.69) is 16.5 Å². The molecule has 1 aromatic heterocycles. The molecule has 0 spiro atoms. The molecule has 0 radical (unpaired) electrons. The lowest BCUT2D eigenvalue weighted by Gasteiger charge is -2.13. The molecule has 3 rings (SSSR count). The van der Waals surface area contributed by atoms with Crippen molar-refractivity contribution in [1.82, 2.24) is 15.1 Å². The number of benzene rings is 1. The second-order valence-corrected chi connectivity index (χ2v) is 5.99. The molecule has 6 nitrogen and oxygen atoms in total. The molecule has 0 amide bonds. The predicted octanol–water partition coefficient (Wildman–Crippen LogP) is 1.94. The maximum absolute atomic E-state index is 9.10. The van der Waals surface area contributed by atoms with E-state index in [0.29, 0.717) is 26.3 Å². The Kier molecular flexibility index (Phi) is 5.37. The second-order valence-electron chi connectivity index (χ2n) is 5.99. The number of aryl methyl sites for hydroxylation is 1. The monoisotopic (exact) mass is 331 g/mol. The third kappa shape index (κ3) is 3.55. The van der Waals surface area contributed by atoms with Crippen LogP contribution in [0.5, 0.6) is 11.5 Å². The number of ether oxygens (including phenoxy) is 2. The number of hydrogen-bond acceptors (Lipinski definition) is 5. The first kappa shape index (κ1) is 16.8. The van der Waals surface area contributed by atoms with Crippen molar-refractivity contribution in [3.8, 4) is 11.5 Å². The highest BCUT2D eigenvalue weighted by Gasteiger charge is 2.15. The molecule has 1 aliphatic rings. The summed E-state index contributed by atoms with van der Waals surface area (Å²) < 4.78 is 13.4. The molecule has 1 aromatic carbocycles. The smallest absolute Gasteiger partial charge is 0.165 e. The summed E-state index contributed by atoms with van der Waals surface area (Å²) in [6.07, 6.45) is 0.907. The molecule has 2 aromatic rings. The van der Waals surface area contributed by atoms with E-state index in [1.807, 2.05) is 30.7 Å². The zero-order chi connectivity index (χ0) is 16.9. The average Bonchev–Trinajstić information content (AvgIpc) is 2.76. The molecule has 1 aliphatic heterocycles. The van der Waals surface area contributed by atoms with Crippen LogP contribution in [-0.2, 0) is 19.6 Å². The maximum atomic E-state index is 9.10. The van der Waals surface area contributed by atoms with Gasteiger partial charge in [-0.25, -0.2) is 0 Å². The summed E-state index contributed by atoms with van der Waals surface area (Å²) in [7, 11) is 0. The summed E-state index contributed by atoms with van der Waals surface area (Å²) in [6.45, 7) is 7.50. The van der Waals surface area contributed by atoms with Crippen molar-refractivity contribution in [3.63, 3.8) is 0 Å². The number of aliphatic hydroxyl groups is 1. The van der Waals surface area contributed by atoms with Gasteiger partial charge < -0.3 is 19.9 Å². The van der Waals surface area contributed by atoms with Crippen molar-refractivity contribution in [1.29, 1.82) is 0 Å². The largest absolute Gasteiger partial charge is 0.490 e. The van der Waals surface area contributed by atoms with Crippen LogP contribution < -0.4 is 14.8 Å². The SMILES string of the molecule is Cc1nn(CCO)c(C)c1CNCc1cccc2c1OCCCO2. The first-order chi connectivity index (χ1) is 11.7. The van der Waals surface area contributed by atoms with Gasteiger partial charge in [0.25, 0.3) is 0 Å². The molecule has 0 unspecified atom stereocenters. The van der Waals surface area contributed by atoms with Crippen molar-refractivity contribution in [2.75, 3.05) is 19.8 Å². The molecule has 2 heterocycles. The van der Waals surface area contributed by atoms with Crippen LogP contribution in [0, 0.1) is 13.8 Å². The fourth-order valence-electron chi connectivity index (χ4n) is 3.02. The lowest BCUT2D eigenvalue weighted by molar-refractivity contribution is 0.267. The standard InChI is InChI=1S/C18H25N3O3/c1-13-16(14(2)21(20-13)7-8-22)12-19-11-15-5-3-6-17-18(15)24-10-4-9-23-17/h3,5-6,19,22H,4,7-12H2,1-2H3. The fourth-order valence-corrected chi connectivity index (χ4v) is 3.02. The lowest BCUT2D eigenvalue weighted by Crippen LogP contribution is -2.15. The van der Waals surface area contributed by atoms with Gasteiger partial charge >= 0.3 is 0 Å². The van der Waals surface area contributed by atoms with Crippen molar-refractivity contribution in [3.05, 3.63) is 40.7 Å². The van der Waals surface area contributed by atoms with E-state index < -0.39 is 0 Å². The van der Waals surface area contributed by atoms with Gasteiger partial charge in [0.2, 0.25) is 0 Å². The lowest BCUT2D eigenvalue weighted by atomic mass is 10.1. The van der Waals surface area contributed by atoms with Crippen LogP contribution in [0.25, 0.3) is 0 Å². The van der Waals surface area contributed by atoms with Gasteiger partial charge in [0, 0.05) is 36.3 Å². The van der Waals surface area contributed by atoms with Gasteiger partial charge in [-0.15, -0.1) is 0 Å². The quantitative estimate of drug-likeness (QED) is 0.847. The van der Waals surface area contributed by atoms with Gasteiger partial charge in [-0.1, -0.05) is 12.1 Å². The topological polar surface area (TPSA) is 68.5 Å². The fraction of sp³-hybridized carbons (Fsp3) is 0.500. The third-order valence-corrected chi connectivity index (χ3v) is 4.31. The summed E-state index contributed by atoms with van der Waals surface area (Å²) in [5.41, 5.74) is 4.38. The molecule has 2 N–H and O–H groups in total.